The molecule has 1 unspecified atom stereocenters. The van der Waals surface area contributed by atoms with Gasteiger partial charge in [-0.25, -0.2) is 0 Å². The van der Waals surface area contributed by atoms with E-state index in [0.717, 1.165) is 11.1 Å². The molecule has 3 heteroatoms. The zero-order chi connectivity index (χ0) is 13.0. The van der Waals surface area contributed by atoms with Gasteiger partial charge in [-0.2, -0.15) is 0 Å². The molecule has 0 aliphatic carbocycles. The van der Waals surface area contributed by atoms with Crippen LogP contribution in [0, 0.1) is 0 Å². The minimum Gasteiger partial charge on any atom is -0.496 e. The van der Waals surface area contributed by atoms with E-state index in [2.05, 4.69) is 0 Å². The third-order valence-electron chi connectivity index (χ3n) is 2.87. The number of methoxy groups -OCH3 is 1. The van der Waals surface area contributed by atoms with Crippen LogP contribution in [0.15, 0.2) is 48.5 Å². The minimum absolute atomic E-state index is 0.472. The van der Waals surface area contributed by atoms with Gasteiger partial charge in [-0.1, -0.05) is 48.0 Å². The summed E-state index contributed by atoms with van der Waals surface area (Å²) in [6.45, 7) is 0. The molecule has 0 radical (unpaired) electrons. The Bertz CT molecular complexity index is 525. The van der Waals surface area contributed by atoms with E-state index < -0.39 is 6.10 Å². The van der Waals surface area contributed by atoms with Crippen LogP contribution in [0.1, 0.15) is 17.2 Å². The van der Waals surface area contributed by atoms with Crippen LogP contribution in [0.5, 0.6) is 5.75 Å². The van der Waals surface area contributed by atoms with Crippen LogP contribution in [0.3, 0.4) is 0 Å². The average Bonchev–Trinajstić information content (AvgIpc) is 2.41. The van der Waals surface area contributed by atoms with E-state index in [0.29, 0.717) is 17.2 Å². The molecule has 18 heavy (non-hydrogen) atoms. The topological polar surface area (TPSA) is 29.5 Å². The molecular formula is C15H15ClO2. The summed E-state index contributed by atoms with van der Waals surface area (Å²) in [5, 5.41) is 10.9. The van der Waals surface area contributed by atoms with E-state index in [1.165, 1.54) is 0 Å². The quantitative estimate of drug-likeness (QED) is 0.912. The molecule has 1 N–H and O–H groups in total. The van der Waals surface area contributed by atoms with Gasteiger partial charge in [0.15, 0.2) is 0 Å². The minimum atomic E-state index is -0.624. The Kier molecular flexibility index (Phi) is 4.24. The first-order valence-corrected chi connectivity index (χ1v) is 6.14. The highest BCUT2D eigenvalue weighted by Crippen LogP contribution is 2.29. The predicted molar refractivity (Wildman–Crippen MR) is 73.1 cm³/mol. The van der Waals surface area contributed by atoms with Crippen molar-refractivity contribution in [2.45, 2.75) is 12.5 Å². The van der Waals surface area contributed by atoms with Gasteiger partial charge in [0.25, 0.3) is 0 Å². The molecule has 0 spiro atoms. The molecule has 0 saturated heterocycles. The van der Waals surface area contributed by atoms with Crippen LogP contribution in [0.2, 0.25) is 5.02 Å². The van der Waals surface area contributed by atoms with E-state index in [4.69, 9.17) is 16.3 Å². The van der Waals surface area contributed by atoms with Gasteiger partial charge in [0, 0.05) is 17.0 Å². The number of benzene rings is 2. The summed E-state index contributed by atoms with van der Waals surface area (Å²) in [5.74, 6) is 0.692. The standard InChI is InChI=1S/C15H15ClO2/c1-18-15-9-5-3-7-12(15)14(17)10-11-6-2-4-8-13(11)16/h2-9,14,17H,10H2,1H3. The predicted octanol–water partition coefficient (Wildman–Crippen LogP) is 3.62. The van der Waals surface area contributed by atoms with Gasteiger partial charge < -0.3 is 9.84 Å². The lowest BCUT2D eigenvalue weighted by Crippen LogP contribution is -2.04. The fourth-order valence-corrected chi connectivity index (χ4v) is 2.14. The highest BCUT2D eigenvalue weighted by atomic mass is 35.5. The zero-order valence-corrected chi connectivity index (χ0v) is 10.9. The number of ether oxygens (including phenoxy) is 1. The second kappa shape index (κ2) is 5.89. The number of hydrogen-bond acceptors (Lipinski definition) is 2. The number of aliphatic hydroxyl groups excluding tert-OH is 1. The molecule has 0 aliphatic heterocycles. The Morgan fingerprint density at radius 3 is 2.50 bits per heavy atom. The maximum atomic E-state index is 10.3. The molecule has 0 saturated carbocycles. The molecule has 1 atom stereocenters. The van der Waals surface area contributed by atoms with E-state index in [1.54, 1.807) is 7.11 Å². The molecule has 0 amide bonds. The molecule has 2 aromatic rings. The third-order valence-corrected chi connectivity index (χ3v) is 3.24. The van der Waals surface area contributed by atoms with Gasteiger partial charge >= 0.3 is 0 Å². The first kappa shape index (κ1) is 12.9. The molecule has 0 bridgehead atoms. The van der Waals surface area contributed by atoms with Crippen molar-refractivity contribution in [1.82, 2.24) is 0 Å². The van der Waals surface area contributed by atoms with E-state index in [-0.39, 0.29) is 0 Å². The molecule has 0 aromatic heterocycles. The summed E-state index contributed by atoms with van der Waals surface area (Å²) in [6, 6.07) is 15.0. The van der Waals surface area contributed by atoms with Gasteiger partial charge in [0.05, 0.1) is 13.2 Å². The second-order valence-corrected chi connectivity index (χ2v) is 4.46. The molecule has 2 nitrogen and oxygen atoms in total. The maximum absolute atomic E-state index is 10.3. The van der Waals surface area contributed by atoms with Crippen LogP contribution in [-0.4, -0.2) is 12.2 Å². The highest BCUT2D eigenvalue weighted by Gasteiger charge is 2.14. The number of halogens is 1. The number of rotatable bonds is 4. The Morgan fingerprint density at radius 1 is 1.11 bits per heavy atom. The summed E-state index contributed by atoms with van der Waals surface area (Å²) in [7, 11) is 1.60. The van der Waals surface area contributed by atoms with Gasteiger partial charge in [0.1, 0.15) is 5.75 Å². The van der Waals surface area contributed by atoms with Gasteiger partial charge in [-0.05, 0) is 17.7 Å². The van der Waals surface area contributed by atoms with Crippen LogP contribution < -0.4 is 4.74 Å². The number of para-hydroxylation sites is 1. The summed E-state index contributed by atoms with van der Waals surface area (Å²) in [5.41, 5.74) is 1.71. The van der Waals surface area contributed by atoms with E-state index >= 15 is 0 Å². The van der Waals surface area contributed by atoms with E-state index in [1.807, 2.05) is 48.5 Å². The smallest absolute Gasteiger partial charge is 0.124 e. The van der Waals surface area contributed by atoms with Crippen LogP contribution in [0.4, 0.5) is 0 Å². The van der Waals surface area contributed by atoms with Crippen molar-refractivity contribution in [3.63, 3.8) is 0 Å². The third kappa shape index (κ3) is 2.84. The van der Waals surface area contributed by atoms with Crippen molar-refractivity contribution in [1.29, 1.82) is 0 Å². The van der Waals surface area contributed by atoms with Crippen molar-refractivity contribution in [3.8, 4) is 5.75 Å². The van der Waals surface area contributed by atoms with Crippen molar-refractivity contribution in [2.24, 2.45) is 0 Å². The molecular weight excluding hydrogens is 248 g/mol. The maximum Gasteiger partial charge on any atom is 0.124 e. The van der Waals surface area contributed by atoms with Crippen molar-refractivity contribution in [2.75, 3.05) is 7.11 Å². The fourth-order valence-electron chi connectivity index (χ4n) is 1.92. The first-order chi connectivity index (χ1) is 8.72. The van der Waals surface area contributed by atoms with Gasteiger partial charge in [0.2, 0.25) is 0 Å². The fraction of sp³-hybridized carbons (Fsp3) is 0.200. The number of hydrogen-bond donors (Lipinski definition) is 1. The summed E-state index contributed by atoms with van der Waals surface area (Å²) in [4.78, 5) is 0. The molecule has 0 heterocycles. The summed E-state index contributed by atoms with van der Waals surface area (Å²) >= 11 is 6.09. The molecule has 2 aromatic carbocycles. The lowest BCUT2D eigenvalue weighted by Gasteiger charge is -2.15. The first-order valence-electron chi connectivity index (χ1n) is 5.76. The van der Waals surface area contributed by atoms with Crippen LogP contribution in [-0.2, 0) is 6.42 Å². The average molecular weight is 263 g/mol. The zero-order valence-electron chi connectivity index (χ0n) is 10.1. The Morgan fingerprint density at radius 2 is 1.78 bits per heavy atom. The van der Waals surface area contributed by atoms with Gasteiger partial charge in [-0.3, -0.25) is 0 Å². The lowest BCUT2D eigenvalue weighted by atomic mass is 10.0. The second-order valence-electron chi connectivity index (χ2n) is 4.05. The lowest BCUT2D eigenvalue weighted by molar-refractivity contribution is 0.174. The molecule has 0 aliphatic rings. The Hall–Kier alpha value is -1.51. The van der Waals surface area contributed by atoms with Crippen molar-refractivity contribution in [3.05, 3.63) is 64.7 Å². The van der Waals surface area contributed by atoms with Gasteiger partial charge in [-0.15, -0.1) is 0 Å². The van der Waals surface area contributed by atoms with Crippen LogP contribution in [0.25, 0.3) is 0 Å². The molecule has 0 fully saturated rings. The SMILES string of the molecule is COc1ccccc1C(O)Cc1ccccc1Cl. The normalized spacial score (nSPS) is 12.2. The molecule has 2 rings (SSSR count). The summed E-state index contributed by atoms with van der Waals surface area (Å²) in [6.07, 6.45) is -0.152. The largest absolute Gasteiger partial charge is 0.496 e. The Balaban J connectivity index is 2.22. The monoisotopic (exact) mass is 262 g/mol. The Labute approximate surface area is 112 Å². The van der Waals surface area contributed by atoms with Crippen molar-refractivity contribution < 1.29 is 9.84 Å². The summed E-state index contributed by atoms with van der Waals surface area (Å²) < 4.78 is 5.24. The molecule has 94 valence electrons. The van der Waals surface area contributed by atoms with Crippen molar-refractivity contribution >= 4 is 11.6 Å². The number of aliphatic hydroxyl groups is 1. The van der Waals surface area contributed by atoms with E-state index in [9.17, 15) is 5.11 Å². The highest BCUT2D eigenvalue weighted by molar-refractivity contribution is 6.31. The van der Waals surface area contributed by atoms with Crippen LogP contribution >= 0.6 is 11.6 Å².